The lowest BCUT2D eigenvalue weighted by atomic mass is 10.1. The minimum atomic E-state index is 0.00607. The van der Waals surface area contributed by atoms with E-state index in [2.05, 4.69) is 20.3 Å². The molecule has 0 aliphatic heterocycles. The van der Waals surface area contributed by atoms with Crippen LogP contribution in [0.4, 0.5) is 11.6 Å². The van der Waals surface area contributed by atoms with E-state index in [-0.39, 0.29) is 17.7 Å². The van der Waals surface area contributed by atoms with Crippen molar-refractivity contribution < 1.29 is 4.79 Å². The Morgan fingerprint density at radius 3 is 2.37 bits per heavy atom. The molecule has 2 aromatic heterocycles. The van der Waals surface area contributed by atoms with Gasteiger partial charge >= 0.3 is 0 Å². The van der Waals surface area contributed by atoms with Crippen LogP contribution in [0.25, 0.3) is 11.1 Å². The van der Waals surface area contributed by atoms with E-state index in [0.717, 1.165) is 28.9 Å². The lowest BCUT2D eigenvalue weighted by molar-refractivity contribution is -0.117. The molecular formula is C21H21N5O. The van der Waals surface area contributed by atoms with Crippen LogP contribution in [0.5, 0.6) is 0 Å². The molecule has 2 heterocycles. The van der Waals surface area contributed by atoms with Gasteiger partial charge in [0.1, 0.15) is 0 Å². The molecule has 4 rings (SSSR count). The molecule has 3 aromatic rings. The molecule has 0 radical (unpaired) electrons. The SMILES string of the molecule is CN(C)c1ncc(-c2ccc(NC(=O)C3CC3c3ccccn3)cc2)cn1. The maximum Gasteiger partial charge on any atom is 0.228 e. The second-order valence-electron chi connectivity index (χ2n) is 6.94. The Kier molecular flexibility index (Phi) is 4.54. The summed E-state index contributed by atoms with van der Waals surface area (Å²) in [4.78, 5) is 27.3. The molecule has 6 heteroatoms. The fourth-order valence-electron chi connectivity index (χ4n) is 3.09. The van der Waals surface area contributed by atoms with Crippen LogP contribution in [-0.4, -0.2) is 35.0 Å². The van der Waals surface area contributed by atoms with Crippen LogP contribution in [-0.2, 0) is 4.79 Å². The second-order valence-corrected chi connectivity index (χ2v) is 6.94. The van der Waals surface area contributed by atoms with E-state index in [1.807, 2.05) is 61.5 Å². The quantitative estimate of drug-likeness (QED) is 0.756. The van der Waals surface area contributed by atoms with E-state index in [4.69, 9.17) is 0 Å². The predicted molar refractivity (Wildman–Crippen MR) is 106 cm³/mol. The Labute approximate surface area is 158 Å². The van der Waals surface area contributed by atoms with Gasteiger partial charge in [-0.15, -0.1) is 0 Å². The number of nitrogens with one attached hydrogen (secondary N) is 1. The van der Waals surface area contributed by atoms with Crippen LogP contribution < -0.4 is 10.2 Å². The van der Waals surface area contributed by atoms with Gasteiger partial charge in [-0.3, -0.25) is 9.78 Å². The number of amides is 1. The first kappa shape index (κ1) is 17.1. The highest BCUT2D eigenvalue weighted by atomic mass is 16.2. The molecule has 0 bridgehead atoms. The number of carbonyl (C=O) groups is 1. The number of carbonyl (C=O) groups excluding carboxylic acids is 1. The van der Waals surface area contributed by atoms with Gasteiger partial charge in [-0.05, 0) is 36.2 Å². The van der Waals surface area contributed by atoms with Gasteiger partial charge in [0.05, 0.1) is 0 Å². The molecule has 1 N–H and O–H groups in total. The van der Waals surface area contributed by atoms with Crippen molar-refractivity contribution >= 4 is 17.5 Å². The molecule has 1 aliphatic rings. The van der Waals surface area contributed by atoms with Crippen molar-refractivity contribution in [3.63, 3.8) is 0 Å². The Morgan fingerprint density at radius 2 is 1.74 bits per heavy atom. The molecule has 0 spiro atoms. The van der Waals surface area contributed by atoms with Gasteiger partial charge in [0.2, 0.25) is 11.9 Å². The van der Waals surface area contributed by atoms with Crippen LogP contribution in [0.15, 0.2) is 61.1 Å². The number of aromatic nitrogens is 3. The number of hydrogen-bond acceptors (Lipinski definition) is 5. The zero-order chi connectivity index (χ0) is 18.8. The van der Waals surface area contributed by atoms with Crippen molar-refractivity contribution in [2.45, 2.75) is 12.3 Å². The summed E-state index contributed by atoms with van der Waals surface area (Å²) >= 11 is 0. The third-order valence-corrected chi connectivity index (χ3v) is 4.72. The minimum Gasteiger partial charge on any atom is -0.347 e. The van der Waals surface area contributed by atoms with Crippen LogP contribution in [0.1, 0.15) is 18.0 Å². The molecule has 0 saturated heterocycles. The fourth-order valence-corrected chi connectivity index (χ4v) is 3.09. The van der Waals surface area contributed by atoms with Crippen molar-refractivity contribution in [1.29, 1.82) is 0 Å². The second kappa shape index (κ2) is 7.15. The first-order valence-corrected chi connectivity index (χ1v) is 8.93. The molecule has 1 aromatic carbocycles. The van der Waals surface area contributed by atoms with Crippen molar-refractivity contribution in [2.75, 3.05) is 24.3 Å². The number of anilines is 2. The van der Waals surface area contributed by atoms with Crippen molar-refractivity contribution in [3.05, 3.63) is 66.7 Å². The highest BCUT2D eigenvalue weighted by Crippen LogP contribution is 2.47. The summed E-state index contributed by atoms with van der Waals surface area (Å²) in [5, 5.41) is 3.00. The van der Waals surface area contributed by atoms with Crippen molar-refractivity contribution in [1.82, 2.24) is 15.0 Å². The van der Waals surface area contributed by atoms with Crippen LogP contribution in [0.3, 0.4) is 0 Å². The van der Waals surface area contributed by atoms with Gasteiger partial charge in [0.15, 0.2) is 0 Å². The third kappa shape index (κ3) is 3.79. The van der Waals surface area contributed by atoms with E-state index >= 15 is 0 Å². The molecule has 2 atom stereocenters. The summed E-state index contributed by atoms with van der Waals surface area (Å²) in [5.74, 6) is 0.969. The lowest BCUT2D eigenvalue weighted by Gasteiger charge is -2.10. The van der Waals surface area contributed by atoms with Gasteiger partial charge < -0.3 is 10.2 Å². The number of benzene rings is 1. The maximum atomic E-state index is 12.5. The smallest absolute Gasteiger partial charge is 0.228 e. The van der Waals surface area contributed by atoms with Gasteiger partial charge in [-0.1, -0.05) is 18.2 Å². The number of pyridine rings is 1. The Balaban J connectivity index is 1.39. The summed E-state index contributed by atoms with van der Waals surface area (Å²) in [7, 11) is 3.82. The summed E-state index contributed by atoms with van der Waals surface area (Å²) in [6.45, 7) is 0. The molecule has 6 nitrogen and oxygen atoms in total. The van der Waals surface area contributed by atoms with E-state index < -0.39 is 0 Å². The molecule has 1 saturated carbocycles. The third-order valence-electron chi connectivity index (χ3n) is 4.72. The summed E-state index contributed by atoms with van der Waals surface area (Å²) in [6.07, 6.45) is 6.24. The summed E-state index contributed by atoms with van der Waals surface area (Å²) in [5.41, 5.74) is 3.74. The Bertz CT molecular complexity index is 923. The molecular weight excluding hydrogens is 338 g/mol. The number of rotatable bonds is 5. The van der Waals surface area contributed by atoms with Crippen LogP contribution >= 0.6 is 0 Å². The summed E-state index contributed by atoms with van der Waals surface area (Å²) in [6, 6.07) is 13.6. The molecule has 27 heavy (non-hydrogen) atoms. The van der Waals surface area contributed by atoms with E-state index in [1.54, 1.807) is 18.6 Å². The van der Waals surface area contributed by atoms with E-state index in [1.165, 1.54) is 0 Å². The molecule has 136 valence electrons. The predicted octanol–water partition coefficient (Wildman–Crippen LogP) is 3.35. The Morgan fingerprint density at radius 1 is 1.00 bits per heavy atom. The standard InChI is InChI=1S/C21H21N5O/c1-26(2)21-23-12-15(13-24-21)14-6-8-16(9-7-14)25-20(27)18-11-17(18)19-5-3-4-10-22-19/h3-10,12-13,17-18H,11H2,1-2H3,(H,25,27). The van der Waals surface area contributed by atoms with Crippen molar-refractivity contribution in [3.8, 4) is 11.1 Å². The largest absolute Gasteiger partial charge is 0.347 e. The maximum absolute atomic E-state index is 12.5. The molecule has 1 amide bonds. The minimum absolute atomic E-state index is 0.00607. The fraction of sp³-hybridized carbons (Fsp3) is 0.238. The molecule has 1 fully saturated rings. The summed E-state index contributed by atoms with van der Waals surface area (Å²) < 4.78 is 0. The van der Waals surface area contributed by atoms with Gasteiger partial charge in [0, 0.05) is 61.5 Å². The first-order chi connectivity index (χ1) is 13.1. The van der Waals surface area contributed by atoms with Crippen LogP contribution in [0.2, 0.25) is 0 Å². The monoisotopic (exact) mass is 359 g/mol. The highest BCUT2D eigenvalue weighted by molar-refractivity contribution is 5.95. The zero-order valence-corrected chi connectivity index (χ0v) is 15.3. The van der Waals surface area contributed by atoms with Gasteiger partial charge in [-0.2, -0.15) is 0 Å². The normalized spacial score (nSPS) is 18.0. The average Bonchev–Trinajstić information content (AvgIpc) is 3.50. The topological polar surface area (TPSA) is 71.0 Å². The van der Waals surface area contributed by atoms with E-state index in [9.17, 15) is 4.79 Å². The van der Waals surface area contributed by atoms with Gasteiger partial charge in [-0.25, -0.2) is 9.97 Å². The van der Waals surface area contributed by atoms with Gasteiger partial charge in [0.25, 0.3) is 0 Å². The Hall–Kier alpha value is -3.28. The van der Waals surface area contributed by atoms with E-state index in [0.29, 0.717) is 5.95 Å². The van der Waals surface area contributed by atoms with Crippen LogP contribution in [0, 0.1) is 5.92 Å². The van der Waals surface area contributed by atoms with Crippen molar-refractivity contribution in [2.24, 2.45) is 5.92 Å². The average molecular weight is 359 g/mol. The lowest BCUT2D eigenvalue weighted by Crippen LogP contribution is -2.14. The molecule has 2 unspecified atom stereocenters. The number of hydrogen-bond donors (Lipinski definition) is 1. The molecule has 1 aliphatic carbocycles. The zero-order valence-electron chi connectivity index (χ0n) is 15.3. The highest BCUT2D eigenvalue weighted by Gasteiger charge is 2.44. The number of nitrogens with zero attached hydrogens (tertiary/aromatic N) is 4. The first-order valence-electron chi connectivity index (χ1n) is 8.93.